The van der Waals surface area contributed by atoms with Crippen LogP contribution < -0.4 is 0 Å². The molecule has 0 aromatic carbocycles. The summed E-state index contributed by atoms with van der Waals surface area (Å²) in [5.74, 6) is 3.01. The number of terminal acetylenes is 1. The van der Waals surface area contributed by atoms with Gasteiger partial charge in [0.25, 0.3) is 0 Å². The van der Waals surface area contributed by atoms with Crippen molar-refractivity contribution in [3.8, 4) is 12.3 Å². The van der Waals surface area contributed by atoms with Gasteiger partial charge in [0.2, 0.25) is 0 Å². The maximum Gasteiger partial charge on any atom is 0.0432 e. The van der Waals surface area contributed by atoms with Crippen LogP contribution in [0.2, 0.25) is 0 Å². The molecule has 0 aliphatic heterocycles. The Morgan fingerprint density at radius 2 is 2.18 bits per heavy atom. The fourth-order valence-corrected chi connectivity index (χ4v) is 2.19. The molecule has 0 saturated carbocycles. The van der Waals surface area contributed by atoms with Crippen LogP contribution in [0, 0.1) is 26.2 Å². The molecule has 1 atom stereocenters. The highest BCUT2D eigenvalue weighted by molar-refractivity contribution is 7.12. The summed E-state index contributed by atoms with van der Waals surface area (Å²) >= 11 is 1.82. The summed E-state index contributed by atoms with van der Waals surface area (Å²) in [6.45, 7) is 6.31. The van der Waals surface area contributed by atoms with Gasteiger partial charge in [0.15, 0.2) is 0 Å². The monoisotopic (exact) mass is 164 g/mol. The first-order valence-corrected chi connectivity index (χ1v) is 4.50. The Morgan fingerprint density at radius 1 is 1.55 bits per heavy atom. The second kappa shape index (κ2) is 3.11. The summed E-state index contributed by atoms with van der Waals surface area (Å²) < 4.78 is 0. The van der Waals surface area contributed by atoms with Crippen LogP contribution in [0.4, 0.5) is 0 Å². The van der Waals surface area contributed by atoms with E-state index in [9.17, 15) is 0 Å². The molecule has 1 aromatic heterocycles. The maximum absolute atomic E-state index is 5.34. The van der Waals surface area contributed by atoms with E-state index in [1.807, 2.05) is 11.3 Å². The number of hydrogen-bond donors (Lipinski definition) is 0. The molecule has 1 unspecified atom stereocenters. The van der Waals surface area contributed by atoms with E-state index >= 15 is 0 Å². The molecule has 0 amide bonds. The van der Waals surface area contributed by atoms with Gasteiger partial charge >= 0.3 is 0 Å². The number of hydrogen-bond acceptors (Lipinski definition) is 1. The van der Waals surface area contributed by atoms with E-state index in [-0.39, 0.29) is 5.92 Å². The molecule has 0 radical (unpaired) electrons. The van der Waals surface area contributed by atoms with Crippen LogP contribution >= 0.6 is 11.3 Å². The lowest BCUT2D eigenvalue weighted by Gasteiger charge is -2.00. The first-order chi connectivity index (χ1) is 5.15. The SMILES string of the molecule is C#CC(C)c1cc(C)sc1C. The molecule has 1 rings (SSSR count). The number of thiophene rings is 1. The van der Waals surface area contributed by atoms with Crippen LogP contribution in [-0.2, 0) is 0 Å². The van der Waals surface area contributed by atoms with Gasteiger partial charge in [-0.1, -0.05) is 5.92 Å². The van der Waals surface area contributed by atoms with E-state index in [4.69, 9.17) is 6.42 Å². The van der Waals surface area contributed by atoms with Gasteiger partial charge in [-0.05, 0) is 32.4 Å². The standard InChI is InChI=1S/C10H12S/c1-5-7(2)10-6-8(3)11-9(10)4/h1,6-7H,2-4H3. The van der Waals surface area contributed by atoms with E-state index in [0.717, 1.165) is 0 Å². The second-order valence-electron chi connectivity index (χ2n) is 2.76. The van der Waals surface area contributed by atoms with Crippen molar-refractivity contribution in [2.75, 3.05) is 0 Å². The van der Waals surface area contributed by atoms with E-state index in [1.165, 1.54) is 15.3 Å². The van der Waals surface area contributed by atoms with Crippen LogP contribution in [-0.4, -0.2) is 0 Å². The summed E-state index contributed by atoms with van der Waals surface area (Å²) in [4.78, 5) is 2.70. The fourth-order valence-electron chi connectivity index (χ4n) is 1.17. The Kier molecular flexibility index (Phi) is 2.36. The molecule has 1 heteroatoms. The molecule has 0 fully saturated rings. The van der Waals surface area contributed by atoms with Crippen molar-refractivity contribution in [1.29, 1.82) is 0 Å². The summed E-state index contributed by atoms with van der Waals surface area (Å²) in [5, 5.41) is 0. The minimum Gasteiger partial charge on any atom is -0.146 e. The van der Waals surface area contributed by atoms with Gasteiger partial charge in [0.05, 0.1) is 0 Å². The molecule has 58 valence electrons. The third-order valence-corrected chi connectivity index (χ3v) is 2.78. The topological polar surface area (TPSA) is 0 Å². The largest absolute Gasteiger partial charge is 0.146 e. The van der Waals surface area contributed by atoms with Crippen molar-refractivity contribution in [2.45, 2.75) is 26.7 Å². The predicted molar refractivity (Wildman–Crippen MR) is 51.0 cm³/mol. The molecule has 1 heterocycles. The Bertz CT molecular complexity index is 288. The van der Waals surface area contributed by atoms with Gasteiger partial charge in [0.1, 0.15) is 0 Å². The van der Waals surface area contributed by atoms with Crippen molar-refractivity contribution < 1.29 is 0 Å². The lowest BCUT2D eigenvalue weighted by molar-refractivity contribution is 1.00. The molecule has 1 aromatic rings. The average Bonchev–Trinajstić information content (AvgIpc) is 2.28. The Balaban J connectivity index is 3.05. The van der Waals surface area contributed by atoms with E-state index < -0.39 is 0 Å². The second-order valence-corrected chi connectivity index (χ2v) is 4.22. The molecule has 0 N–H and O–H groups in total. The van der Waals surface area contributed by atoms with E-state index in [0.29, 0.717) is 0 Å². The molecular weight excluding hydrogens is 152 g/mol. The van der Waals surface area contributed by atoms with Gasteiger partial charge in [-0.2, -0.15) is 0 Å². The van der Waals surface area contributed by atoms with Crippen LogP contribution in [0.15, 0.2) is 6.07 Å². The molecule has 0 saturated heterocycles. The van der Waals surface area contributed by atoms with Crippen molar-refractivity contribution >= 4 is 11.3 Å². The minimum absolute atomic E-state index is 0.264. The van der Waals surface area contributed by atoms with Gasteiger partial charge in [-0.15, -0.1) is 17.8 Å². The third-order valence-electron chi connectivity index (χ3n) is 1.80. The lowest BCUT2D eigenvalue weighted by Crippen LogP contribution is -1.87. The highest BCUT2D eigenvalue weighted by atomic mass is 32.1. The normalized spacial score (nSPS) is 12.5. The third kappa shape index (κ3) is 1.64. The number of aryl methyl sites for hydroxylation is 2. The summed E-state index contributed by atoms with van der Waals surface area (Å²) in [5.41, 5.74) is 1.31. The van der Waals surface area contributed by atoms with Crippen molar-refractivity contribution in [1.82, 2.24) is 0 Å². The van der Waals surface area contributed by atoms with Crippen molar-refractivity contribution in [3.63, 3.8) is 0 Å². The minimum atomic E-state index is 0.264. The quantitative estimate of drug-likeness (QED) is 0.559. The van der Waals surface area contributed by atoms with Crippen LogP contribution in [0.1, 0.15) is 28.2 Å². The predicted octanol–water partition coefficient (Wildman–Crippen LogP) is 3.10. The van der Waals surface area contributed by atoms with Gasteiger partial charge in [-0.25, -0.2) is 0 Å². The zero-order chi connectivity index (χ0) is 8.43. The van der Waals surface area contributed by atoms with Crippen molar-refractivity contribution in [2.24, 2.45) is 0 Å². The average molecular weight is 164 g/mol. The van der Waals surface area contributed by atoms with Crippen molar-refractivity contribution in [3.05, 3.63) is 21.4 Å². The Morgan fingerprint density at radius 3 is 2.55 bits per heavy atom. The zero-order valence-electron chi connectivity index (χ0n) is 7.14. The van der Waals surface area contributed by atoms with Crippen LogP contribution in [0.3, 0.4) is 0 Å². The summed E-state index contributed by atoms with van der Waals surface area (Å²) in [6.07, 6.45) is 5.34. The van der Waals surface area contributed by atoms with Gasteiger partial charge < -0.3 is 0 Å². The molecule has 0 aliphatic rings. The number of rotatable bonds is 1. The highest BCUT2D eigenvalue weighted by Gasteiger charge is 2.07. The molecular formula is C10H12S. The maximum atomic E-state index is 5.34. The first-order valence-electron chi connectivity index (χ1n) is 3.68. The van der Waals surface area contributed by atoms with Crippen LogP contribution in [0.25, 0.3) is 0 Å². The Labute approximate surface area is 72.3 Å². The lowest BCUT2D eigenvalue weighted by atomic mass is 10.0. The molecule has 0 aliphatic carbocycles. The van der Waals surface area contributed by atoms with Gasteiger partial charge in [-0.3, -0.25) is 0 Å². The molecule has 0 spiro atoms. The molecule has 0 bridgehead atoms. The highest BCUT2D eigenvalue weighted by Crippen LogP contribution is 2.26. The first kappa shape index (κ1) is 8.36. The van der Waals surface area contributed by atoms with Gasteiger partial charge in [0, 0.05) is 15.7 Å². The molecule has 0 nitrogen and oxygen atoms in total. The fraction of sp³-hybridized carbons (Fsp3) is 0.400. The molecule has 11 heavy (non-hydrogen) atoms. The Hall–Kier alpha value is -0.740. The summed E-state index contributed by atoms with van der Waals surface area (Å²) in [6, 6.07) is 2.19. The summed E-state index contributed by atoms with van der Waals surface area (Å²) in [7, 11) is 0. The van der Waals surface area contributed by atoms with E-state index in [1.54, 1.807) is 0 Å². The smallest absolute Gasteiger partial charge is 0.0432 e. The van der Waals surface area contributed by atoms with Crippen LogP contribution in [0.5, 0.6) is 0 Å². The van der Waals surface area contributed by atoms with E-state index in [2.05, 4.69) is 32.8 Å². The zero-order valence-corrected chi connectivity index (χ0v) is 7.96.